The molecule has 2 N–H and O–H groups in total. The lowest BCUT2D eigenvalue weighted by atomic mass is 10.0. The van der Waals surface area contributed by atoms with Crippen LogP contribution in [-0.2, 0) is 6.54 Å². The summed E-state index contributed by atoms with van der Waals surface area (Å²) in [6, 6.07) is 15.5. The second kappa shape index (κ2) is 6.24. The summed E-state index contributed by atoms with van der Waals surface area (Å²) in [6.07, 6.45) is 0. The van der Waals surface area contributed by atoms with Gasteiger partial charge >= 0.3 is 0 Å². The highest BCUT2D eigenvalue weighted by atomic mass is 16.2. The van der Waals surface area contributed by atoms with Gasteiger partial charge in [0.25, 0.3) is 5.91 Å². The third-order valence-corrected chi connectivity index (χ3v) is 3.40. The number of amides is 1. The molecule has 0 atom stereocenters. The number of rotatable bonds is 4. The second-order valence-electron chi connectivity index (χ2n) is 4.84. The first kappa shape index (κ1) is 14.1. The van der Waals surface area contributed by atoms with Crippen molar-refractivity contribution in [2.45, 2.75) is 20.4 Å². The van der Waals surface area contributed by atoms with Crippen LogP contribution in [0, 0.1) is 6.92 Å². The zero-order valence-corrected chi connectivity index (χ0v) is 12.0. The summed E-state index contributed by atoms with van der Waals surface area (Å²) in [5.41, 5.74) is 9.16. The van der Waals surface area contributed by atoms with Gasteiger partial charge in [-0.25, -0.2) is 0 Å². The lowest BCUT2D eigenvalue weighted by molar-refractivity contribution is 0.0753. The molecule has 0 fully saturated rings. The van der Waals surface area contributed by atoms with E-state index in [1.165, 1.54) is 0 Å². The molecule has 2 aromatic rings. The van der Waals surface area contributed by atoms with Crippen molar-refractivity contribution in [3.8, 4) is 0 Å². The number of hydrogen-bond acceptors (Lipinski definition) is 2. The lowest BCUT2D eigenvalue weighted by Gasteiger charge is -2.22. The number of benzene rings is 2. The molecule has 0 aromatic heterocycles. The van der Waals surface area contributed by atoms with E-state index in [9.17, 15) is 4.79 Å². The molecular formula is C17H20N2O. The Morgan fingerprint density at radius 3 is 2.40 bits per heavy atom. The van der Waals surface area contributed by atoms with Crippen molar-refractivity contribution in [2.75, 3.05) is 12.3 Å². The largest absolute Gasteiger partial charge is 0.398 e. The fraction of sp³-hybridized carbons (Fsp3) is 0.235. The quantitative estimate of drug-likeness (QED) is 0.865. The number of hydrogen-bond donors (Lipinski definition) is 1. The van der Waals surface area contributed by atoms with Crippen LogP contribution in [0.5, 0.6) is 0 Å². The number of aryl methyl sites for hydroxylation is 1. The summed E-state index contributed by atoms with van der Waals surface area (Å²) in [6.45, 7) is 5.15. The number of carbonyl (C=O) groups excluding carboxylic acids is 1. The molecule has 1 amide bonds. The highest BCUT2D eigenvalue weighted by Gasteiger charge is 2.18. The monoisotopic (exact) mass is 268 g/mol. The number of nitrogens with zero attached hydrogens (tertiary/aromatic N) is 1. The molecule has 3 nitrogen and oxygen atoms in total. The third kappa shape index (κ3) is 2.99. The first-order chi connectivity index (χ1) is 9.63. The van der Waals surface area contributed by atoms with Crippen LogP contribution in [0.15, 0.2) is 48.5 Å². The van der Waals surface area contributed by atoms with Gasteiger partial charge in [-0.15, -0.1) is 0 Å². The summed E-state index contributed by atoms with van der Waals surface area (Å²) >= 11 is 0. The lowest BCUT2D eigenvalue weighted by Crippen LogP contribution is -2.31. The summed E-state index contributed by atoms with van der Waals surface area (Å²) in [4.78, 5) is 14.5. The molecule has 0 saturated carbocycles. The molecule has 0 heterocycles. The number of anilines is 1. The third-order valence-electron chi connectivity index (χ3n) is 3.40. The van der Waals surface area contributed by atoms with Crippen LogP contribution >= 0.6 is 0 Å². The van der Waals surface area contributed by atoms with Gasteiger partial charge < -0.3 is 10.6 Å². The van der Waals surface area contributed by atoms with Crippen molar-refractivity contribution in [3.05, 3.63) is 65.2 Å². The first-order valence-corrected chi connectivity index (χ1v) is 6.81. The van der Waals surface area contributed by atoms with E-state index < -0.39 is 0 Å². The molecule has 0 aliphatic heterocycles. The molecule has 0 aliphatic carbocycles. The Bertz CT molecular complexity index is 573. The Morgan fingerprint density at radius 2 is 1.80 bits per heavy atom. The minimum Gasteiger partial charge on any atom is -0.398 e. The number of carbonyl (C=O) groups is 1. The average molecular weight is 268 g/mol. The van der Waals surface area contributed by atoms with Gasteiger partial charge in [-0.2, -0.15) is 0 Å². The molecule has 2 rings (SSSR count). The topological polar surface area (TPSA) is 46.3 Å². The predicted octanol–water partition coefficient (Wildman–Crippen LogP) is 3.24. The second-order valence-corrected chi connectivity index (χ2v) is 4.84. The highest BCUT2D eigenvalue weighted by molar-refractivity contribution is 6.00. The van der Waals surface area contributed by atoms with Gasteiger partial charge in [0, 0.05) is 18.8 Å². The highest BCUT2D eigenvalue weighted by Crippen LogP contribution is 2.19. The number of nitrogens with two attached hydrogens (primary N) is 1. The van der Waals surface area contributed by atoms with Gasteiger partial charge in [0.2, 0.25) is 0 Å². The minimum atomic E-state index is -0.00745. The van der Waals surface area contributed by atoms with Crippen molar-refractivity contribution in [1.82, 2.24) is 4.90 Å². The Hall–Kier alpha value is -2.29. The Labute approximate surface area is 120 Å². The van der Waals surface area contributed by atoms with E-state index in [0.717, 1.165) is 11.1 Å². The van der Waals surface area contributed by atoms with E-state index in [1.54, 1.807) is 6.07 Å². The summed E-state index contributed by atoms with van der Waals surface area (Å²) in [5, 5.41) is 0. The maximum atomic E-state index is 12.7. The predicted molar refractivity (Wildman–Crippen MR) is 82.4 cm³/mol. The molecule has 0 spiro atoms. The maximum Gasteiger partial charge on any atom is 0.256 e. The van der Waals surface area contributed by atoms with Crippen LogP contribution in [-0.4, -0.2) is 17.4 Å². The normalized spacial score (nSPS) is 10.3. The summed E-state index contributed by atoms with van der Waals surface area (Å²) in [7, 11) is 0. The first-order valence-electron chi connectivity index (χ1n) is 6.81. The van der Waals surface area contributed by atoms with E-state index in [2.05, 4.69) is 0 Å². The van der Waals surface area contributed by atoms with E-state index in [-0.39, 0.29) is 5.91 Å². The zero-order valence-electron chi connectivity index (χ0n) is 12.0. The fourth-order valence-electron chi connectivity index (χ4n) is 2.27. The van der Waals surface area contributed by atoms with Crippen LogP contribution in [0.25, 0.3) is 0 Å². The molecular weight excluding hydrogens is 248 g/mol. The van der Waals surface area contributed by atoms with Crippen molar-refractivity contribution >= 4 is 11.6 Å². The van der Waals surface area contributed by atoms with Crippen LogP contribution in [0.4, 0.5) is 5.69 Å². The van der Waals surface area contributed by atoms with Gasteiger partial charge in [0.05, 0.1) is 5.56 Å². The van der Waals surface area contributed by atoms with Crippen LogP contribution in [0.2, 0.25) is 0 Å². The van der Waals surface area contributed by atoms with Crippen molar-refractivity contribution in [3.63, 3.8) is 0 Å². The van der Waals surface area contributed by atoms with E-state index in [1.807, 2.05) is 61.2 Å². The van der Waals surface area contributed by atoms with Gasteiger partial charge in [0.1, 0.15) is 0 Å². The van der Waals surface area contributed by atoms with E-state index in [0.29, 0.717) is 24.3 Å². The Kier molecular flexibility index (Phi) is 4.41. The Balaban J connectivity index is 2.26. The fourth-order valence-corrected chi connectivity index (χ4v) is 2.27. The van der Waals surface area contributed by atoms with Crippen molar-refractivity contribution < 1.29 is 4.79 Å². The molecule has 0 bridgehead atoms. The van der Waals surface area contributed by atoms with E-state index in [4.69, 9.17) is 5.73 Å². The van der Waals surface area contributed by atoms with Gasteiger partial charge in [0.15, 0.2) is 0 Å². The van der Waals surface area contributed by atoms with Gasteiger partial charge in [-0.05, 0) is 31.0 Å². The average Bonchev–Trinajstić information content (AvgIpc) is 2.45. The van der Waals surface area contributed by atoms with Crippen LogP contribution in [0.3, 0.4) is 0 Å². The molecule has 104 valence electrons. The van der Waals surface area contributed by atoms with Crippen molar-refractivity contribution in [2.24, 2.45) is 0 Å². The minimum absolute atomic E-state index is 0.00745. The van der Waals surface area contributed by atoms with Gasteiger partial charge in [-0.1, -0.05) is 42.5 Å². The molecule has 0 unspecified atom stereocenters. The molecule has 0 saturated heterocycles. The molecule has 0 radical (unpaired) electrons. The van der Waals surface area contributed by atoms with E-state index >= 15 is 0 Å². The summed E-state index contributed by atoms with van der Waals surface area (Å²) < 4.78 is 0. The van der Waals surface area contributed by atoms with Crippen LogP contribution < -0.4 is 5.73 Å². The molecule has 2 aromatic carbocycles. The van der Waals surface area contributed by atoms with Crippen molar-refractivity contribution in [1.29, 1.82) is 0 Å². The smallest absolute Gasteiger partial charge is 0.256 e. The molecule has 3 heteroatoms. The Morgan fingerprint density at radius 1 is 1.10 bits per heavy atom. The molecule has 0 aliphatic rings. The summed E-state index contributed by atoms with van der Waals surface area (Å²) in [5.74, 6) is -0.00745. The molecule has 20 heavy (non-hydrogen) atoms. The standard InChI is InChI=1S/C17H20N2O/c1-3-19(12-14-9-5-4-6-10-14)17(20)16-13(2)8-7-11-15(16)18/h4-11H,3,12,18H2,1-2H3. The zero-order chi connectivity index (χ0) is 14.5. The number of nitrogen functional groups attached to an aromatic ring is 1. The van der Waals surface area contributed by atoms with Crippen LogP contribution in [0.1, 0.15) is 28.4 Å². The van der Waals surface area contributed by atoms with Gasteiger partial charge in [-0.3, -0.25) is 4.79 Å². The maximum absolute atomic E-state index is 12.7. The SMILES string of the molecule is CCN(Cc1ccccc1)C(=O)c1c(C)cccc1N.